The second-order valence-corrected chi connectivity index (χ2v) is 4.80. The predicted octanol–water partition coefficient (Wildman–Crippen LogP) is 1.06. The van der Waals surface area contributed by atoms with E-state index >= 15 is 0 Å². The Bertz CT molecular complexity index is 343. The number of aryl methyl sites for hydroxylation is 1. The minimum absolute atomic E-state index is 0. The molecular weight excluding hydrogens is 226 g/mol. The highest BCUT2D eigenvalue weighted by Gasteiger charge is 2.35. The molecule has 3 rings (SSSR count). The maximum atomic E-state index is 5.08. The zero-order chi connectivity index (χ0) is 10.3. The van der Waals surface area contributed by atoms with Gasteiger partial charge in [-0.1, -0.05) is 5.16 Å². The summed E-state index contributed by atoms with van der Waals surface area (Å²) in [5.41, 5.74) is 1.07. The summed E-state index contributed by atoms with van der Waals surface area (Å²) in [6.45, 7) is 7.70. The number of rotatable bonds is 2. The molecule has 0 unspecified atom stereocenters. The first-order chi connectivity index (χ1) is 7.31. The van der Waals surface area contributed by atoms with Gasteiger partial charge < -0.3 is 9.84 Å². The highest BCUT2D eigenvalue weighted by atomic mass is 35.5. The van der Waals surface area contributed by atoms with Crippen molar-refractivity contribution >= 4 is 12.4 Å². The van der Waals surface area contributed by atoms with Crippen LogP contribution in [-0.2, 0) is 6.54 Å². The lowest BCUT2D eigenvalue weighted by Gasteiger charge is -2.14. The number of nitrogens with zero attached hydrogens (tertiary/aromatic N) is 2. The molecule has 0 aromatic carbocycles. The average Bonchev–Trinajstić information content (AvgIpc) is 2.81. The summed E-state index contributed by atoms with van der Waals surface area (Å²) in [7, 11) is 0. The van der Waals surface area contributed by atoms with E-state index < -0.39 is 0 Å². The molecule has 2 aliphatic heterocycles. The number of halogens is 1. The van der Waals surface area contributed by atoms with Gasteiger partial charge in [-0.25, -0.2) is 0 Å². The van der Waals surface area contributed by atoms with E-state index in [9.17, 15) is 0 Å². The fourth-order valence-corrected chi connectivity index (χ4v) is 2.80. The van der Waals surface area contributed by atoms with Gasteiger partial charge in [0, 0.05) is 25.7 Å². The van der Waals surface area contributed by atoms with Crippen molar-refractivity contribution in [1.82, 2.24) is 15.4 Å². The smallest absolute Gasteiger partial charge is 0.133 e. The van der Waals surface area contributed by atoms with Gasteiger partial charge in [0.2, 0.25) is 0 Å². The van der Waals surface area contributed by atoms with Crippen LogP contribution in [0.3, 0.4) is 0 Å². The van der Waals surface area contributed by atoms with Gasteiger partial charge in [0.05, 0.1) is 5.69 Å². The maximum Gasteiger partial charge on any atom is 0.133 e. The molecule has 4 nitrogen and oxygen atoms in total. The summed E-state index contributed by atoms with van der Waals surface area (Å²) in [5.74, 6) is 2.63. The van der Waals surface area contributed by atoms with Gasteiger partial charge in [0.1, 0.15) is 5.76 Å². The highest BCUT2D eigenvalue weighted by Crippen LogP contribution is 2.27. The molecule has 3 heterocycles. The van der Waals surface area contributed by atoms with E-state index in [1.165, 1.54) is 26.2 Å². The third kappa shape index (κ3) is 2.24. The number of likely N-dealkylation sites (tertiary alicyclic amines) is 1. The van der Waals surface area contributed by atoms with Gasteiger partial charge in [-0.15, -0.1) is 12.4 Å². The predicted molar refractivity (Wildman–Crippen MR) is 63.6 cm³/mol. The van der Waals surface area contributed by atoms with E-state index in [-0.39, 0.29) is 12.4 Å². The van der Waals surface area contributed by atoms with Crippen LogP contribution >= 0.6 is 12.4 Å². The van der Waals surface area contributed by atoms with Crippen LogP contribution in [-0.4, -0.2) is 36.2 Å². The molecule has 1 N–H and O–H groups in total. The second kappa shape index (κ2) is 4.73. The maximum absolute atomic E-state index is 5.08. The van der Waals surface area contributed by atoms with Crippen molar-refractivity contribution in [1.29, 1.82) is 0 Å². The van der Waals surface area contributed by atoms with Gasteiger partial charge in [-0.3, -0.25) is 4.90 Å². The zero-order valence-electron chi connectivity index (χ0n) is 9.48. The van der Waals surface area contributed by atoms with Crippen LogP contribution in [0.5, 0.6) is 0 Å². The third-order valence-electron chi connectivity index (χ3n) is 3.53. The first-order valence-corrected chi connectivity index (χ1v) is 5.66. The molecule has 2 atom stereocenters. The normalized spacial score (nSPS) is 29.1. The Morgan fingerprint density at radius 1 is 1.44 bits per heavy atom. The van der Waals surface area contributed by atoms with Crippen LogP contribution in [0.1, 0.15) is 11.5 Å². The molecule has 1 aromatic rings. The van der Waals surface area contributed by atoms with Gasteiger partial charge in [0.15, 0.2) is 0 Å². The Morgan fingerprint density at radius 2 is 2.12 bits per heavy atom. The van der Waals surface area contributed by atoms with Crippen LogP contribution in [0.15, 0.2) is 10.6 Å². The highest BCUT2D eigenvalue weighted by molar-refractivity contribution is 5.85. The van der Waals surface area contributed by atoms with Gasteiger partial charge in [-0.2, -0.15) is 0 Å². The van der Waals surface area contributed by atoms with E-state index in [0.717, 1.165) is 29.8 Å². The molecule has 0 radical (unpaired) electrons. The number of aromatic nitrogens is 1. The number of fused-ring (bicyclic) bond motifs is 1. The van der Waals surface area contributed by atoms with E-state index in [4.69, 9.17) is 4.52 Å². The molecule has 0 saturated carbocycles. The van der Waals surface area contributed by atoms with Crippen LogP contribution in [0.2, 0.25) is 0 Å². The lowest BCUT2D eigenvalue weighted by atomic mass is 10.0. The molecule has 2 fully saturated rings. The summed E-state index contributed by atoms with van der Waals surface area (Å²) in [6, 6.07) is 2.03. The van der Waals surface area contributed by atoms with Crippen molar-refractivity contribution in [3.63, 3.8) is 0 Å². The molecule has 0 spiro atoms. The molecule has 0 aliphatic carbocycles. The van der Waals surface area contributed by atoms with E-state index in [2.05, 4.69) is 15.4 Å². The SMILES string of the molecule is Cc1cc(CN2C[C@H]3CNC[C@H]3C2)no1.Cl. The van der Waals surface area contributed by atoms with E-state index in [0.29, 0.717) is 0 Å². The molecule has 2 aliphatic rings. The summed E-state index contributed by atoms with van der Waals surface area (Å²) in [5, 5.41) is 7.49. The Labute approximate surface area is 102 Å². The average molecular weight is 244 g/mol. The van der Waals surface area contributed by atoms with Gasteiger partial charge in [0.25, 0.3) is 0 Å². The lowest BCUT2D eigenvalue weighted by molar-refractivity contribution is 0.291. The Balaban J connectivity index is 0.000000963. The van der Waals surface area contributed by atoms with Crippen molar-refractivity contribution in [2.45, 2.75) is 13.5 Å². The molecule has 16 heavy (non-hydrogen) atoms. The largest absolute Gasteiger partial charge is 0.361 e. The molecule has 0 amide bonds. The standard InChI is InChI=1S/C11H17N3O.ClH/c1-8-2-11(13-15-8)7-14-5-9-3-12-4-10(9)6-14;/h2,9-10,12H,3-7H2,1H3;1H/t9-,10+;. The van der Waals surface area contributed by atoms with Crippen molar-refractivity contribution < 1.29 is 4.52 Å². The van der Waals surface area contributed by atoms with E-state index in [1.54, 1.807) is 0 Å². The fraction of sp³-hybridized carbons (Fsp3) is 0.727. The summed E-state index contributed by atoms with van der Waals surface area (Å²) < 4.78 is 5.08. The molecule has 1 aromatic heterocycles. The second-order valence-electron chi connectivity index (χ2n) is 4.80. The number of hydrogen-bond donors (Lipinski definition) is 1. The quantitative estimate of drug-likeness (QED) is 0.843. The minimum atomic E-state index is 0. The molecule has 0 bridgehead atoms. The van der Waals surface area contributed by atoms with Crippen LogP contribution < -0.4 is 5.32 Å². The van der Waals surface area contributed by atoms with Gasteiger partial charge in [-0.05, 0) is 31.8 Å². The van der Waals surface area contributed by atoms with Gasteiger partial charge >= 0.3 is 0 Å². The Hall–Kier alpha value is -0.580. The monoisotopic (exact) mass is 243 g/mol. The van der Waals surface area contributed by atoms with E-state index in [1.807, 2.05) is 13.0 Å². The van der Waals surface area contributed by atoms with Crippen molar-refractivity contribution in [2.24, 2.45) is 11.8 Å². The summed E-state index contributed by atoms with van der Waals surface area (Å²) in [4.78, 5) is 2.49. The first-order valence-electron chi connectivity index (χ1n) is 5.66. The minimum Gasteiger partial charge on any atom is -0.361 e. The van der Waals surface area contributed by atoms with Crippen molar-refractivity contribution in [2.75, 3.05) is 26.2 Å². The molecule has 90 valence electrons. The lowest BCUT2D eigenvalue weighted by Crippen LogP contribution is -2.25. The molecule has 2 saturated heterocycles. The summed E-state index contributed by atoms with van der Waals surface area (Å²) >= 11 is 0. The van der Waals surface area contributed by atoms with Crippen molar-refractivity contribution in [3.8, 4) is 0 Å². The number of hydrogen-bond acceptors (Lipinski definition) is 4. The Morgan fingerprint density at radius 3 is 2.69 bits per heavy atom. The summed E-state index contributed by atoms with van der Waals surface area (Å²) in [6.07, 6.45) is 0. The third-order valence-corrected chi connectivity index (χ3v) is 3.53. The van der Waals surface area contributed by atoms with Crippen LogP contribution in [0, 0.1) is 18.8 Å². The Kier molecular flexibility index (Phi) is 3.52. The van der Waals surface area contributed by atoms with Crippen LogP contribution in [0.25, 0.3) is 0 Å². The van der Waals surface area contributed by atoms with Crippen molar-refractivity contribution in [3.05, 3.63) is 17.5 Å². The molecule has 5 heteroatoms. The number of nitrogens with one attached hydrogen (secondary N) is 1. The molecular formula is C11H18ClN3O. The first kappa shape index (κ1) is 11.9. The topological polar surface area (TPSA) is 41.3 Å². The zero-order valence-corrected chi connectivity index (χ0v) is 10.3. The fourth-order valence-electron chi connectivity index (χ4n) is 2.80. The van der Waals surface area contributed by atoms with Crippen LogP contribution in [0.4, 0.5) is 0 Å².